The van der Waals surface area contributed by atoms with Crippen molar-refractivity contribution in [3.8, 4) is 11.5 Å². The Kier molecular flexibility index (Phi) is 7.01. The minimum Gasteiger partial charge on any atom is -0.493 e. The fraction of sp³-hybridized carbons (Fsp3) is 0.286. The second kappa shape index (κ2) is 10.1. The van der Waals surface area contributed by atoms with E-state index in [2.05, 4.69) is 50.1 Å². The molecule has 7 nitrogen and oxygen atoms in total. The van der Waals surface area contributed by atoms with E-state index in [4.69, 9.17) is 9.47 Å². The van der Waals surface area contributed by atoms with E-state index in [1.54, 1.807) is 20.4 Å². The van der Waals surface area contributed by atoms with Crippen LogP contribution < -0.4 is 20.1 Å². The van der Waals surface area contributed by atoms with Crippen molar-refractivity contribution in [2.75, 3.05) is 31.4 Å². The summed E-state index contributed by atoms with van der Waals surface area (Å²) < 4.78 is 10.6. The molecule has 0 saturated carbocycles. The molecule has 0 unspecified atom stereocenters. The zero-order chi connectivity index (χ0) is 19.6. The summed E-state index contributed by atoms with van der Waals surface area (Å²) in [5.41, 5.74) is 2.38. The van der Waals surface area contributed by atoms with Crippen LogP contribution in [-0.2, 0) is 13.0 Å². The number of anilines is 2. The molecule has 0 fully saturated rings. The Morgan fingerprint density at radius 2 is 1.71 bits per heavy atom. The van der Waals surface area contributed by atoms with Crippen molar-refractivity contribution >= 4 is 11.8 Å². The summed E-state index contributed by atoms with van der Waals surface area (Å²) in [6.45, 7) is 1.38. The second-order valence-corrected chi connectivity index (χ2v) is 6.22. The fourth-order valence-electron chi connectivity index (χ4n) is 2.78. The Bertz CT molecular complexity index is 874. The van der Waals surface area contributed by atoms with Crippen molar-refractivity contribution < 1.29 is 9.47 Å². The lowest BCUT2D eigenvalue weighted by Gasteiger charge is -2.11. The third-order valence-electron chi connectivity index (χ3n) is 4.25. The molecular formula is C21H25N5O2. The summed E-state index contributed by atoms with van der Waals surface area (Å²) in [5.74, 6) is 2.58. The van der Waals surface area contributed by atoms with Crippen molar-refractivity contribution in [2.45, 2.75) is 19.4 Å². The van der Waals surface area contributed by atoms with Crippen molar-refractivity contribution in [2.24, 2.45) is 0 Å². The van der Waals surface area contributed by atoms with E-state index in [0.29, 0.717) is 29.8 Å². The zero-order valence-electron chi connectivity index (χ0n) is 16.2. The first-order chi connectivity index (χ1) is 13.8. The average Bonchev–Trinajstić information content (AvgIpc) is 2.76. The molecule has 0 spiro atoms. The largest absolute Gasteiger partial charge is 0.493 e. The van der Waals surface area contributed by atoms with Crippen molar-refractivity contribution in [3.63, 3.8) is 0 Å². The molecule has 7 heteroatoms. The van der Waals surface area contributed by atoms with E-state index in [0.717, 1.165) is 24.9 Å². The molecule has 0 saturated heterocycles. The van der Waals surface area contributed by atoms with E-state index >= 15 is 0 Å². The van der Waals surface area contributed by atoms with E-state index in [-0.39, 0.29) is 0 Å². The van der Waals surface area contributed by atoms with Crippen LogP contribution in [0.15, 0.2) is 54.7 Å². The van der Waals surface area contributed by atoms with Crippen LogP contribution in [0.2, 0.25) is 0 Å². The van der Waals surface area contributed by atoms with Crippen LogP contribution in [0.3, 0.4) is 0 Å². The minimum atomic E-state index is 0.519. The second-order valence-electron chi connectivity index (χ2n) is 6.22. The van der Waals surface area contributed by atoms with Gasteiger partial charge < -0.3 is 20.1 Å². The molecule has 0 bridgehead atoms. The zero-order valence-corrected chi connectivity index (χ0v) is 16.2. The number of benzene rings is 2. The maximum absolute atomic E-state index is 5.33. The van der Waals surface area contributed by atoms with Crippen LogP contribution in [0.4, 0.5) is 11.8 Å². The van der Waals surface area contributed by atoms with Gasteiger partial charge in [0, 0.05) is 13.1 Å². The first-order valence-electron chi connectivity index (χ1n) is 9.21. The molecule has 2 N–H and O–H groups in total. The first kappa shape index (κ1) is 19.4. The van der Waals surface area contributed by atoms with Gasteiger partial charge in [-0.2, -0.15) is 10.1 Å². The molecule has 3 rings (SSSR count). The maximum atomic E-state index is 5.33. The van der Waals surface area contributed by atoms with Gasteiger partial charge >= 0.3 is 0 Å². The predicted molar refractivity (Wildman–Crippen MR) is 110 cm³/mol. The Hall–Kier alpha value is -3.35. The highest BCUT2D eigenvalue weighted by Crippen LogP contribution is 2.27. The Balaban J connectivity index is 1.49. The molecule has 0 aliphatic rings. The standard InChI is InChI=1S/C21H25N5O2/c1-27-18-11-10-17(13-19(18)28-2)14-23-20-15-24-26-21(25-20)22-12-6-9-16-7-4-3-5-8-16/h3-5,7-8,10-11,13,15H,6,9,12,14H2,1-2H3,(H2,22,23,25,26). The van der Waals surface area contributed by atoms with Gasteiger partial charge in [0.1, 0.15) is 0 Å². The van der Waals surface area contributed by atoms with E-state index in [1.165, 1.54) is 5.56 Å². The molecule has 0 radical (unpaired) electrons. The third kappa shape index (κ3) is 5.57. The van der Waals surface area contributed by atoms with Gasteiger partial charge in [0.15, 0.2) is 17.3 Å². The van der Waals surface area contributed by atoms with Gasteiger partial charge in [0.25, 0.3) is 0 Å². The van der Waals surface area contributed by atoms with Crippen LogP contribution in [0, 0.1) is 0 Å². The van der Waals surface area contributed by atoms with Gasteiger partial charge in [-0.05, 0) is 36.1 Å². The Labute approximate surface area is 165 Å². The number of aryl methyl sites for hydroxylation is 1. The highest BCUT2D eigenvalue weighted by atomic mass is 16.5. The van der Waals surface area contributed by atoms with Crippen LogP contribution >= 0.6 is 0 Å². The smallest absolute Gasteiger partial charge is 0.244 e. The summed E-state index contributed by atoms with van der Waals surface area (Å²) in [4.78, 5) is 4.46. The molecule has 1 aromatic heterocycles. The molecule has 0 amide bonds. The topological polar surface area (TPSA) is 81.2 Å². The van der Waals surface area contributed by atoms with Gasteiger partial charge in [-0.1, -0.05) is 36.4 Å². The number of rotatable bonds is 10. The molecule has 0 aliphatic heterocycles. The number of methoxy groups -OCH3 is 2. The van der Waals surface area contributed by atoms with Gasteiger partial charge in [0.05, 0.1) is 20.4 Å². The van der Waals surface area contributed by atoms with E-state index in [1.807, 2.05) is 24.3 Å². The predicted octanol–water partition coefficient (Wildman–Crippen LogP) is 3.55. The van der Waals surface area contributed by atoms with Gasteiger partial charge in [-0.3, -0.25) is 0 Å². The molecular weight excluding hydrogens is 354 g/mol. The lowest BCUT2D eigenvalue weighted by atomic mass is 10.1. The van der Waals surface area contributed by atoms with Crippen molar-refractivity contribution in [1.82, 2.24) is 15.2 Å². The van der Waals surface area contributed by atoms with Crippen LogP contribution in [0.1, 0.15) is 17.5 Å². The number of aromatic nitrogens is 3. The number of hydrogen-bond acceptors (Lipinski definition) is 7. The van der Waals surface area contributed by atoms with Gasteiger partial charge in [-0.25, -0.2) is 0 Å². The summed E-state index contributed by atoms with van der Waals surface area (Å²) in [7, 11) is 3.25. The first-order valence-corrected chi connectivity index (χ1v) is 9.21. The van der Waals surface area contributed by atoms with E-state index < -0.39 is 0 Å². The number of nitrogens with one attached hydrogen (secondary N) is 2. The number of ether oxygens (including phenoxy) is 2. The molecule has 3 aromatic rings. The minimum absolute atomic E-state index is 0.519. The van der Waals surface area contributed by atoms with E-state index in [9.17, 15) is 0 Å². The molecule has 0 aliphatic carbocycles. The lowest BCUT2D eigenvalue weighted by molar-refractivity contribution is 0.354. The van der Waals surface area contributed by atoms with Crippen LogP contribution in [0.25, 0.3) is 0 Å². The lowest BCUT2D eigenvalue weighted by Crippen LogP contribution is -2.09. The molecule has 1 heterocycles. The van der Waals surface area contributed by atoms with Crippen molar-refractivity contribution in [3.05, 3.63) is 65.9 Å². The maximum Gasteiger partial charge on any atom is 0.244 e. The summed E-state index contributed by atoms with van der Waals surface area (Å²) in [6, 6.07) is 16.2. The highest BCUT2D eigenvalue weighted by molar-refractivity contribution is 5.44. The summed E-state index contributed by atoms with van der Waals surface area (Å²) in [5, 5.41) is 14.5. The average molecular weight is 379 g/mol. The van der Waals surface area contributed by atoms with Gasteiger partial charge in [0.2, 0.25) is 5.95 Å². The molecule has 2 aromatic carbocycles. The molecule has 146 valence electrons. The van der Waals surface area contributed by atoms with Crippen LogP contribution in [-0.4, -0.2) is 35.9 Å². The molecule has 0 atom stereocenters. The Morgan fingerprint density at radius 1 is 0.893 bits per heavy atom. The summed E-state index contributed by atoms with van der Waals surface area (Å²) in [6.07, 6.45) is 3.62. The Morgan fingerprint density at radius 3 is 2.50 bits per heavy atom. The number of hydrogen-bond donors (Lipinski definition) is 2. The van der Waals surface area contributed by atoms with Crippen LogP contribution in [0.5, 0.6) is 11.5 Å². The van der Waals surface area contributed by atoms with Crippen molar-refractivity contribution in [1.29, 1.82) is 0 Å². The van der Waals surface area contributed by atoms with Gasteiger partial charge in [-0.15, -0.1) is 5.10 Å². The SMILES string of the molecule is COc1ccc(CNc2cnnc(NCCCc3ccccc3)n2)cc1OC. The normalized spacial score (nSPS) is 10.4. The highest BCUT2D eigenvalue weighted by Gasteiger charge is 2.05. The fourth-order valence-corrected chi connectivity index (χ4v) is 2.78. The monoisotopic (exact) mass is 379 g/mol. The summed E-state index contributed by atoms with van der Waals surface area (Å²) >= 11 is 0. The molecule has 28 heavy (non-hydrogen) atoms. The third-order valence-corrected chi connectivity index (χ3v) is 4.25. The quantitative estimate of drug-likeness (QED) is 0.521. The number of nitrogens with zero attached hydrogens (tertiary/aromatic N) is 3.